The van der Waals surface area contributed by atoms with Crippen LogP contribution in [0.5, 0.6) is 0 Å². The summed E-state index contributed by atoms with van der Waals surface area (Å²) in [6.45, 7) is 4.68. The van der Waals surface area contributed by atoms with Gasteiger partial charge in [0.1, 0.15) is 39.3 Å². The van der Waals surface area contributed by atoms with Gasteiger partial charge in [0, 0.05) is 76.2 Å². The van der Waals surface area contributed by atoms with Gasteiger partial charge in [-0.05, 0) is 190 Å². The Labute approximate surface area is 680 Å². The number of pyridine rings is 2. The van der Waals surface area contributed by atoms with Gasteiger partial charge in [-0.3, -0.25) is 9.55 Å². The Morgan fingerprint density at radius 1 is 0.218 bits per heavy atom. The maximum absolute atomic E-state index is 6.51. The van der Waals surface area contributed by atoms with E-state index in [0.717, 1.165) is 117 Å². The van der Waals surface area contributed by atoms with Crippen LogP contribution < -0.4 is 0 Å². The van der Waals surface area contributed by atoms with Gasteiger partial charge in [-0.1, -0.05) is 232 Å². The summed E-state index contributed by atoms with van der Waals surface area (Å²) >= 11 is 0. The van der Waals surface area contributed by atoms with Gasteiger partial charge in [0.05, 0.1) is 101 Å². The number of nitrogens with zero attached hydrogens (tertiary/aromatic N) is 7. The molecule has 26 aromatic rings. The monoisotopic (exact) mass is 1520 g/mol. The molecule has 0 bridgehead atoms. The highest BCUT2D eigenvalue weighted by atomic mass is 16.3. The molecule has 27 rings (SSSR count). The molecule has 0 saturated heterocycles. The van der Waals surface area contributed by atoms with Crippen molar-refractivity contribution in [3.63, 3.8) is 0 Å². The highest BCUT2D eigenvalue weighted by Crippen LogP contribution is 2.51. The fourth-order valence-corrected chi connectivity index (χ4v) is 20.0. The maximum atomic E-state index is 6.51. The average molecular weight is 1520 g/mol. The normalized spacial score (nSPS) is 12.7. The van der Waals surface area contributed by atoms with Crippen LogP contribution >= 0.6 is 0 Å². The molecule has 0 aliphatic heterocycles. The van der Waals surface area contributed by atoms with E-state index in [2.05, 4.69) is 376 Å². The maximum Gasteiger partial charge on any atom is 0.137 e. The highest BCUT2D eigenvalue weighted by molar-refractivity contribution is 6.30. The molecule has 10 heteroatoms. The first kappa shape index (κ1) is 66.6. The summed E-state index contributed by atoms with van der Waals surface area (Å²) < 4.78 is 31.1. The molecule has 0 fully saturated rings. The van der Waals surface area contributed by atoms with E-state index >= 15 is 0 Å². The summed E-state index contributed by atoms with van der Waals surface area (Å²) in [5, 5.41) is 19.0. The van der Waals surface area contributed by atoms with E-state index in [0.29, 0.717) is 0 Å². The van der Waals surface area contributed by atoms with Gasteiger partial charge in [-0.2, -0.15) is 0 Å². The molecule has 0 amide bonds. The molecule has 1 aliphatic rings. The number of hydrogen-bond donors (Lipinski definition) is 0. The van der Waals surface area contributed by atoms with Crippen molar-refractivity contribution < 1.29 is 13.3 Å². The molecule has 0 N–H and O–H groups in total. The molecule has 0 unspecified atom stereocenters. The summed E-state index contributed by atoms with van der Waals surface area (Å²) in [6, 6.07) is 131. The molecule has 558 valence electrons. The first-order chi connectivity index (χ1) is 58.8. The number of para-hydroxylation sites is 7. The third kappa shape index (κ3) is 9.83. The van der Waals surface area contributed by atoms with Gasteiger partial charge in [-0.25, -0.2) is 4.98 Å². The van der Waals surface area contributed by atoms with Crippen molar-refractivity contribution in [2.24, 2.45) is 0 Å². The molecule has 0 saturated carbocycles. The number of benzene rings is 16. The van der Waals surface area contributed by atoms with Gasteiger partial charge < -0.3 is 31.5 Å². The average Bonchev–Trinajstić information content (AvgIpc) is 1.54. The number of hydrogen-bond acceptors (Lipinski definition) is 5. The van der Waals surface area contributed by atoms with Gasteiger partial charge >= 0.3 is 0 Å². The molecular formula is C109H69N7O3. The Kier molecular flexibility index (Phi) is 14.3. The molecule has 119 heavy (non-hydrogen) atoms. The Morgan fingerprint density at radius 2 is 0.580 bits per heavy atom. The van der Waals surface area contributed by atoms with E-state index in [9.17, 15) is 0 Å². The Hall–Kier alpha value is -15.8. The second-order valence-electron chi connectivity index (χ2n) is 31.8. The third-order valence-corrected chi connectivity index (χ3v) is 25.1. The van der Waals surface area contributed by atoms with Gasteiger partial charge in [0.2, 0.25) is 0 Å². The molecule has 10 aromatic heterocycles. The van der Waals surface area contributed by atoms with Crippen LogP contribution in [0.3, 0.4) is 0 Å². The number of aromatic nitrogens is 7. The Bertz CT molecular complexity index is 8660. The SMILES string of the molecule is CC1(C)c2ccccc2-c2ccc(-n3c4cccc5oc6ccccc6c6cccc3c6c54)cc21.c1ccc(-n2c3ccccc3c3cc(-c4ccc(-n5c6cccc7oc8ccccc8c8cccc5c8c76)cn4)ccc32)cc1.c1ccc2c(c1)oc1cccc3c1c1c2cccc1n3-c1ccc(-n2c3ccccc3c3ccccc32)cn1. The molecule has 0 spiro atoms. The van der Waals surface area contributed by atoms with Crippen molar-refractivity contribution in [1.82, 2.24) is 32.8 Å². The molecule has 0 radical (unpaired) electrons. The number of fused-ring (bicyclic) bond motifs is 15. The van der Waals surface area contributed by atoms with Crippen molar-refractivity contribution in [2.45, 2.75) is 19.3 Å². The predicted molar refractivity (Wildman–Crippen MR) is 491 cm³/mol. The number of rotatable bonds is 6. The molecule has 0 atom stereocenters. The smallest absolute Gasteiger partial charge is 0.137 e. The summed E-state index contributed by atoms with van der Waals surface area (Å²) in [7, 11) is 0. The fraction of sp³-hybridized carbons (Fsp3) is 0.0275. The second kappa shape index (κ2) is 25.6. The summed E-state index contributed by atoms with van der Waals surface area (Å²) in [6.07, 6.45) is 3.98. The van der Waals surface area contributed by atoms with E-state index in [1.165, 1.54) is 120 Å². The van der Waals surface area contributed by atoms with Gasteiger partial charge in [0.25, 0.3) is 0 Å². The zero-order valence-electron chi connectivity index (χ0n) is 64.7. The minimum Gasteiger partial charge on any atom is -0.456 e. The minimum atomic E-state index is -0.0372. The van der Waals surface area contributed by atoms with Crippen LogP contribution in [-0.2, 0) is 5.41 Å². The van der Waals surface area contributed by atoms with Crippen LogP contribution in [0.2, 0.25) is 0 Å². The van der Waals surface area contributed by atoms with E-state index in [4.69, 9.17) is 23.2 Å². The summed E-state index contributed by atoms with van der Waals surface area (Å²) in [5.74, 6) is 0.877. The quantitative estimate of drug-likeness (QED) is 0.165. The van der Waals surface area contributed by atoms with E-state index in [1.807, 2.05) is 42.7 Å². The molecule has 1 aliphatic carbocycles. The Balaban J connectivity index is 0.0000000999. The lowest BCUT2D eigenvalue weighted by atomic mass is 9.82. The zero-order valence-corrected chi connectivity index (χ0v) is 64.7. The standard InChI is InChI=1S/C41H25N3O.C35H21N3O.C33H23NO/c1-2-10-27(11-3-1)43-34-15-6-4-12-29(34)32-24-26(20-23-35(32)43)33-22-21-28(25-42-33)44-36-16-8-14-31-30-13-5-7-18-38(30)45-39-19-9-17-37(44)41(39)40(31)36;1-4-13-27-23(9-1)24-10-2-5-14-28(24)37(27)22-19-20-33(36-21-22)38-29-15-7-12-26-25-11-3-6-17-31(25)39-32-18-8-16-30(38)35(32)34(26)29;1-33(2)25-12-5-3-9-21(25)22-18-17-20(19-26(22)33)34-27-13-7-11-24-23-10-4-6-15-29(23)35-30-16-8-14-28(34)32(30)31(24)27/h1-25H;1-21H;3-19H,1-2H3. The van der Waals surface area contributed by atoms with Crippen molar-refractivity contribution in [3.8, 4) is 51.0 Å². The summed E-state index contributed by atoms with van der Waals surface area (Å²) in [5.41, 5.74) is 28.8. The Morgan fingerprint density at radius 3 is 1.09 bits per heavy atom. The fourth-order valence-electron chi connectivity index (χ4n) is 20.0. The first-order valence-corrected chi connectivity index (χ1v) is 40.6. The lowest BCUT2D eigenvalue weighted by molar-refractivity contribution is 0.660. The third-order valence-electron chi connectivity index (χ3n) is 25.1. The lowest BCUT2D eigenvalue weighted by Gasteiger charge is -2.22. The van der Waals surface area contributed by atoms with Crippen LogP contribution in [0, 0.1) is 0 Å². The van der Waals surface area contributed by atoms with Crippen LogP contribution in [0.25, 0.3) is 226 Å². The molecule has 10 heterocycles. The molecule has 16 aromatic carbocycles. The van der Waals surface area contributed by atoms with Crippen molar-refractivity contribution in [2.75, 3.05) is 0 Å². The van der Waals surface area contributed by atoms with Crippen molar-refractivity contribution >= 4 is 175 Å². The second-order valence-corrected chi connectivity index (χ2v) is 31.8. The first-order valence-electron chi connectivity index (χ1n) is 40.6. The van der Waals surface area contributed by atoms with Crippen molar-refractivity contribution in [1.29, 1.82) is 0 Å². The van der Waals surface area contributed by atoms with Crippen LogP contribution in [0.1, 0.15) is 25.0 Å². The van der Waals surface area contributed by atoms with Crippen LogP contribution in [0.15, 0.2) is 396 Å². The van der Waals surface area contributed by atoms with E-state index in [1.54, 1.807) is 0 Å². The topological polar surface area (TPSA) is 89.9 Å². The summed E-state index contributed by atoms with van der Waals surface area (Å²) in [4.78, 5) is 10.1. The lowest BCUT2D eigenvalue weighted by Crippen LogP contribution is -2.15. The predicted octanol–water partition coefficient (Wildman–Crippen LogP) is 29.0. The van der Waals surface area contributed by atoms with E-state index in [-0.39, 0.29) is 5.41 Å². The van der Waals surface area contributed by atoms with Crippen molar-refractivity contribution in [3.05, 3.63) is 394 Å². The van der Waals surface area contributed by atoms with Crippen LogP contribution in [0.4, 0.5) is 0 Å². The molecule has 10 nitrogen and oxygen atoms in total. The van der Waals surface area contributed by atoms with E-state index < -0.39 is 0 Å². The van der Waals surface area contributed by atoms with Crippen LogP contribution in [-0.4, -0.2) is 32.8 Å². The zero-order chi connectivity index (χ0) is 78.3. The highest BCUT2D eigenvalue weighted by Gasteiger charge is 2.36. The minimum absolute atomic E-state index is 0.0372. The largest absolute Gasteiger partial charge is 0.456 e. The van der Waals surface area contributed by atoms with Gasteiger partial charge in [0.15, 0.2) is 0 Å². The molecular weight excluding hydrogens is 1460 g/mol. The van der Waals surface area contributed by atoms with Gasteiger partial charge in [-0.15, -0.1) is 0 Å².